The lowest BCUT2D eigenvalue weighted by atomic mass is 9.92. The summed E-state index contributed by atoms with van der Waals surface area (Å²) in [7, 11) is 0. The zero-order chi connectivity index (χ0) is 36.6. The molecule has 55 heavy (non-hydrogen) atoms. The molecule has 2 aromatic heterocycles. The second-order valence-corrected chi connectivity index (χ2v) is 13.6. The van der Waals surface area contributed by atoms with Gasteiger partial charge in [0, 0.05) is 27.5 Å². The molecule has 0 amide bonds. The van der Waals surface area contributed by atoms with Crippen molar-refractivity contribution in [3.05, 3.63) is 200 Å². The molecule has 0 unspecified atom stereocenters. The summed E-state index contributed by atoms with van der Waals surface area (Å²) in [5.74, 6) is 1.81. The summed E-state index contributed by atoms with van der Waals surface area (Å²) < 4.78 is 6.57. The van der Waals surface area contributed by atoms with E-state index < -0.39 is 0 Å². The van der Waals surface area contributed by atoms with Crippen LogP contribution in [0.25, 0.3) is 101 Å². The summed E-state index contributed by atoms with van der Waals surface area (Å²) in [5, 5.41) is 2.13. The van der Waals surface area contributed by atoms with E-state index in [1.807, 2.05) is 42.5 Å². The highest BCUT2D eigenvalue weighted by Gasteiger charge is 2.18. The van der Waals surface area contributed by atoms with Crippen LogP contribution in [0, 0.1) is 0 Å². The van der Waals surface area contributed by atoms with E-state index in [1.165, 1.54) is 22.3 Å². The molecule has 2 heterocycles. The third kappa shape index (κ3) is 6.16. The molecular weight excluding hydrogens is 671 g/mol. The van der Waals surface area contributed by atoms with Crippen LogP contribution in [0.15, 0.2) is 205 Å². The molecule has 4 nitrogen and oxygen atoms in total. The summed E-state index contributed by atoms with van der Waals surface area (Å²) in [6.07, 6.45) is 0. The fraction of sp³-hybridized carbons (Fsp3) is 0. The van der Waals surface area contributed by atoms with Crippen LogP contribution >= 0.6 is 0 Å². The van der Waals surface area contributed by atoms with Gasteiger partial charge in [-0.15, -0.1) is 0 Å². The van der Waals surface area contributed by atoms with Crippen molar-refractivity contribution in [1.82, 2.24) is 15.0 Å². The lowest BCUT2D eigenvalue weighted by molar-refractivity contribution is 0.669. The van der Waals surface area contributed by atoms with Gasteiger partial charge in [0.1, 0.15) is 11.2 Å². The van der Waals surface area contributed by atoms with Gasteiger partial charge in [-0.3, -0.25) is 0 Å². The average Bonchev–Trinajstić information content (AvgIpc) is 3.66. The van der Waals surface area contributed by atoms with Crippen LogP contribution in [0.4, 0.5) is 0 Å². The van der Waals surface area contributed by atoms with E-state index in [4.69, 9.17) is 19.4 Å². The molecular formula is C51H33N3O. The van der Waals surface area contributed by atoms with E-state index in [2.05, 4.69) is 158 Å². The van der Waals surface area contributed by atoms with Crippen LogP contribution in [0.3, 0.4) is 0 Å². The number of fused-ring (bicyclic) bond motifs is 3. The van der Waals surface area contributed by atoms with E-state index >= 15 is 0 Å². The normalized spacial score (nSPS) is 11.3. The molecule has 4 heteroatoms. The standard InChI is InChI=1S/C51H33N3O/c1-4-13-34(14-5-1)35-23-25-36(26-24-35)37-27-29-40(30-28-37)50-52-49(39-17-8-3-9-18-39)53-51(54-50)41-31-32-45-47(33-41)55-46-22-12-21-44(48(45)46)43-20-11-10-19-42(43)38-15-6-2-7-16-38/h1-33H. The fourth-order valence-corrected chi connectivity index (χ4v) is 7.42. The number of rotatable bonds is 7. The van der Waals surface area contributed by atoms with Crippen LogP contribution in [-0.2, 0) is 0 Å². The Labute approximate surface area is 319 Å². The van der Waals surface area contributed by atoms with Gasteiger partial charge in [-0.1, -0.05) is 182 Å². The topological polar surface area (TPSA) is 51.8 Å². The summed E-state index contributed by atoms with van der Waals surface area (Å²) >= 11 is 0. The molecule has 0 fully saturated rings. The first-order chi connectivity index (χ1) is 27.2. The van der Waals surface area contributed by atoms with Crippen molar-refractivity contribution in [3.63, 3.8) is 0 Å². The van der Waals surface area contributed by atoms with Gasteiger partial charge in [0.2, 0.25) is 0 Å². The highest BCUT2D eigenvalue weighted by molar-refractivity contribution is 6.14. The number of hydrogen-bond acceptors (Lipinski definition) is 4. The third-order valence-electron chi connectivity index (χ3n) is 10.2. The smallest absolute Gasteiger partial charge is 0.164 e. The summed E-state index contributed by atoms with van der Waals surface area (Å²) in [6, 6.07) is 69.3. The van der Waals surface area contributed by atoms with Gasteiger partial charge in [-0.2, -0.15) is 0 Å². The maximum atomic E-state index is 6.57. The number of aromatic nitrogens is 3. The molecule has 10 rings (SSSR count). The zero-order valence-corrected chi connectivity index (χ0v) is 29.8. The fourth-order valence-electron chi connectivity index (χ4n) is 7.42. The lowest BCUT2D eigenvalue weighted by Gasteiger charge is -2.11. The largest absolute Gasteiger partial charge is 0.456 e. The SMILES string of the molecule is c1ccc(-c2ccc(-c3ccc(-c4nc(-c5ccccc5)nc(-c5ccc6c(c5)oc5cccc(-c7ccccc7-c7ccccc7)c56)n4)cc3)cc2)cc1. The summed E-state index contributed by atoms with van der Waals surface area (Å²) in [4.78, 5) is 15.0. The second kappa shape index (κ2) is 13.8. The second-order valence-electron chi connectivity index (χ2n) is 13.6. The number of benzene rings is 8. The van der Waals surface area contributed by atoms with E-state index in [1.54, 1.807) is 0 Å². The number of hydrogen-bond donors (Lipinski definition) is 0. The number of nitrogens with zero attached hydrogens (tertiary/aromatic N) is 3. The van der Waals surface area contributed by atoms with Gasteiger partial charge >= 0.3 is 0 Å². The maximum Gasteiger partial charge on any atom is 0.164 e. The van der Waals surface area contributed by atoms with E-state index in [9.17, 15) is 0 Å². The highest BCUT2D eigenvalue weighted by atomic mass is 16.3. The highest BCUT2D eigenvalue weighted by Crippen LogP contribution is 2.41. The van der Waals surface area contributed by atoms with Gasteiger partial charge in [0.05, 0.1) is 0 Å². The molecule has 0 saturated carbocycles. The van der Waals surface area contributed by atoms with Crippen molar-refractivity contribution in [2.45, 2.75) is 0 Å². The minimum atomic E-state index is 0.585. The Morgan fingerprint density at radius 3 is 1.29 bits per heavy atom. The van der Waals surface area contributed by atoms with Gasteiger partial charge in [-0.25, -0.2) is 15.0 Å². The van der Waals surface area contributed by atoms with Crippen LogP contribution in [-0.4, -0.2) is 15.0 Å². The van der Waals surface area contributed by atoms with Gasteiger partial charge in [0.25, 0.3) is 0 Å². The molecule has 258 valence electrons. The Bertz CT molecular complexity index is 2940. The number of furan rings is 1. The molecule has 0 atom stereocenters. The molecule has 0 aliphatic carbocycles. The minimum Gasteiger partial charge on any atom is -0.456 e. The summed E-state index contributed by atoms with van der Waals surface area (Å²) in [6.45, 7) is 0. The Hall–Kier alpha value is -7.43. The Morgan fingerprint density at radius 1 is 0.273 bits per heavy atom. The molecule has 0 aliphatic heterocycles. The van der Waals surface area contributed by atoms with Crippen molar-refractivity contribution in [1.29, 1.82) is 0 Å². The molecule has 0 N–H and O–H groups in total. The summed E-state index contributed by atoms with van der Waals surface area (Å²) in [5.41, 5.74) is 13.6. The molecule has 0 bridgehead atoms. The van der Waals surface area contributed by atoms with E-state index in [0.717, 1.165) is 60.9 Å². The van der Waals surface area contributed by atoms with Crippen molar-refractivity contribution in [3.8, 4) is 78.7 Å². The average molecular weight is 704 g/mol. The predicted molar refractivity (Wildman–Crippen MR) is 225 cm³/mol. The first-order valence-electron chi connectivity index (χ1n) is 18.4. The van der Waals surface area contributed by atoms with Crippen LogP contribution in [0.2, 0.25) is 0 Å². The Kier molecular flexibility index (Phi) is 8.12. The van der Waals surface area contributed by atoms with Crippen LogP contribution in [0.5, 0.6) is 0 Å². The molecule has 0 spiro atoms. The Balaban J connectivity index is 1.04. The van der Waals surface area contributed by atoms with Crippen molar-refractivity contribution in [2.24, 2.45) is 0 Å². The molecule has 8 aromatic carbocycles. The lowest BCUT2D eigenvalue weighted by Crippen LogP contribution is -2.00. The van der Waals surface area contributed by atoms with E-state index in [0.29, 0.717) is 17.5 Å². The first kappa shape index (κ1) is 32.2. The maximum absolute atomic E-state index is 6.57. The van der Waals surface area contributed by atoms with Crippen molar-refractivity contribution in [2.75, 3.05) is 0 Å². The third-order valence-corrected chi connectivity index (χ3v) is 10.2. The first-order valence-corrected chi connectivity index (χ1v) is 18.4. The quantitative estimate of drug-likeness (QED) is 0.166. The predicted octanol–water partition coefficient (Wildman–Crippen LogP) is 13.4. The van der Waals surface area contributed by atoms with Gasteiger partial charge in [0.15, 0.2) is 17.5 Å². The molecule has 0 saturated heterocycles. The zero-order valence-electron chi connectivity index (χ0n) is 29.8. The van der Waals surface area contributed by atoms with Crippen LogP contribution < -0.4 is 0 Å². The van der Waals surface area contributed by atoms with Crippen LogP contribution in [0.1, 0.15) is 0 Å². The van der Waals surface area contributed by atoms with Gasteiger partial charge < -0.3 is 4.42 Å². The van der Waals surface area contributed by atoms with E-state index in [-0.39, 0.29) is 0 Å². The van der Waals surface area contributed by atoms with Crippen molar-refractivity contribution < 1.29 is 4.42 Å². The molecule has 10 aromatic rings. The minimum absolute atomic E-state index is 0.585. The molecule has 0 aliphatic rings. The monoisotopic (exact) mass is 703 g/mol. The van der Waals surface area contributed by atoms with Gasteiger partial charge in [-0.05, 0) is 62.7 Å². The van der Waals surface area contributed by atoms with Crippen molar-refractivity contribution >= 4 is 21.9 Å². The Morgan fingerprint density at radius 2 is 0.691 bits per heavy atom. The molecule has 0 radical (unpaired) electrons.